The summed E-state index contributed by atoms with van der Waals surface area (Å²) in [5.41, 5.74) is 0.695. The molecule has 1 unspecified atom stereocenters. The van der Waals surface area contributed by atoms with Gasteiger partial charge in [0.15, 0.2) is 0 Å². The van der Waals surface area contributed by atoms with Crippen LogP contribution >= 0.6 is 12.4 Å². The van der Waals surface area contributed by atoms with Crippen LogP contribution in [-0.2, 0) is 10.0 Å². The second-order valence-electron chi connectivity index (χ2n) is 5.20. The number of benzene rings is 1. The first kappa shape index (κ1) is 18.7. The first-order valence-corrected chi connectivity index (χ1v) is 8.51. The quantitative estimate of drug-likeness (QED) is 0.892. The summed E-state index contributed by atoms with van der Waals surface area (Å²) in [7, 11) is -4.16. The molecule has 1 saturated heterocycles. The minimum Gasteiger partial charge on any atom is -0.313 e. The van der Waals surface area contributed by atoms with Crippen LogP contribution in [0.2, 0.25) is 0 Å². The number of hydrogen-bond donors (Lipinski definition) is 1. The molecule has 130 valence electrons. The summed E-state index contributed by atoms with van der Waals surface area (Å²) in [6.45, 7) is 0.979. The second-order valence-corrected chi connectivity index (χ2v) is 7.06. The van der Waals surface area contributed by atoms with Gasteiger partial charge in [-0.15, -0.1) is 12.4 Å². The Kier molecular flexibility index (Phi) is 5.87. The Morgan fingerprint density at radius 3 is 2.75 bits per heavy atom. The standard InChI is InChI=1S/C15H15F2N3O2S.ClH/c16-12-3-4-13(17)15(8-12)23(21,22)20-7-6-19-10-14(20)11-2-1-5-18-9-11;/h1-5,8-9,14,19H,6-7,10H2;1H. The van der Waals surface area contributed by atoms with Gasteiger partial charge in [0.1, 0.15) is 16.5 Å². The largest absolute Gasteiger partial charge is 0.313 e. The minimum atomic E-state index is -4.16. The summed E-state index contributed by atoms with van der Waals surface area (Å²) in [5, 5.41) is 3.11. The topological polar surface area (TPSA) is 62.3 Å². The SMILES string of the molecule is Cl.O=S(=O)(c1cc(F)ccc1F)N1CCNCC1c1cccnc1. The fourth-order valence-corrected chi connectivity index (χ4v) is 4.32. The maximum absolute atomic E-state index is 13.9. The number of nitrogens with one attached hydrogen (secondary N) is 1. The van der Waals surface area contributed by atoms with Crippen LogP contribution in [0.4, 0.5) is 8.78 Å². The lowest BCUT2D eigenvalue weighted by Crippen LogP contribution is -2.48. The van der Waals surface area contributed by atoms with Crippen LogP contribution in [0.3, 0.4) is 0 Å². The van der Waals surface area contributed by atoms with E-state index in [-0.39, 0.29) is 19.0 Å². The summed E-state index contributed by atoms with van der Waals surface area (Å²) in [6, 6.07) is 5.37. The van der Waals surface area contributed by atoms with Crippen molar-refractivity contribution in [2.75, 3.05) is 19.6 Å². The average molecular weight is 376 g/mol. The van der Waals surface area contributed by atoms with Gasteiger partial charge >= 0.3 is 0 Å². The Balaban J connectivity index is 0.00000208. The molecule has 3 rings (SSSR count). The number of pyridine rings is 1. The van der Waals surface area contributed by atoms with Crippen molar-refractivity contribution < 1.29 is 17.2 Å². The highest BCUT2D eigenvalue weighted by molar-refractivity contribution is 7.89. The smallest absolute Gasteiger partial charge is 0.246 e. The van der Waals surface area contributed by atoms with E-state index in [1.165, 1.54) is 4.31 Å². The van der Waals surface area contributed by atoms with Gasteiger partial charge < -0.3 is 5.32 Å². The molecule has 1 aliphatic rings. The predicted octanol–water partition coefficient (Wildman–Crippen LogP) is 2.12. The third-order valence-corrected chi connectivity index (χ3v) is 5.67. The van der Waals surface area contributed by atoms with Crippen molar-refractivity contribution in [3.63, 3.8) is 0 Å². The van der Waals surface area contributed by atoms with Gasteiger partial charge in [0.2, 0.25) is 10.0 Å². The van der Waals surface area contributed by atoms with Crippen LogP contribution < -0.4 is 5.32 Å². The predicted molar refractivity (Wildman–Crippen MR) is 87.3 cm³/mol. The molecule has 0 spiro atoms. The van der Waals surface area contributed by atoms with Crippen molar-refractivity contribution in [2.24, 2.45) is 0 Å². The number of sulfonamides is 1. The molecule has 2 heterocycles. The lowest BCUT2D eigenvalue weighted by Gasteiger charge is -2.35. The Bertz CT molecular complexity index is 806. The third kappa shape index (κ3) is 3.56. The highest BCUT2D eigenvalue weighted by Crippen LogP contribution is 2.29. The molecule has 1 aliphatic heterocycles. The van der Waals surface area contributed by atoms with Crippen LogP contribution in [0.25, 0.3) is 0 Å². The van der Waals surface area contributed by atoms with E-state index in [1.807, 2.05) is 0 Å². The maximum Gasteiger partial charge on any atom is 0.246 e. The van der Waals surface area contributed by atoms with Gasteiger partial charge in [0, 0.05) is 32.0 Å². The number of hydrogen-bond acceptors (Lipinski definition) is 4. The summed E-state index contributed by atoms with van der Waals surface area (Å²) in [4.78, 5) is 3.35. The summed E-state index contributed by atoms with van der Waals surface area (Å²) in [5.74, 6) is -1.76. The molecular weight excluding hydrogens is 360 g/mol. The molecule has 0 saturated carbocycles. The molecule has 5 nitrogen and oxygen atoms in total. The first-order chi connectivity index (χ1) is 11.0. The lowest BCUT2D eigenvalue weighted by molar-refractivity contribution is 0.270. The van der Waals surface area contributed by atoms with Gasteiger partial charge in [-0.3, -0.25) is 4.98 Å². The number of rotatable bonds is 3. The molecule has 1 fully saturated rings. The molecule has 1 aromatic carbocycles. The molecule has 0 amide bonds. The van der Waals surface area contributed by atoms with Crippen molar-refractivity contribution in [1.82, 2.24) is 14.6 Å². The van der Waals surface area contributed by atoms with Crippen LogP contribution in [0, 0.1) is 11.6 Å². The molecule has 2 aromatic rings. The minimum absolute atomic E-state index is 0. The van der Waals surface area contributed by atoms with Gasteiger partial charge in [-0.05, 0) is 29.8 Å². The molecule has 1 atom stereocenters. The highest BCUT2D eigenvalue weighted by Gasteiger charge is 2.36. The number of aromatic nitrogens is 1. The second kappa shape index (κ2) is 7.52. The molecule has 24 heavy (non-hydrogen) atoms. The molecule has 1 aromatic heterocycles. The Morgan fingerprint density at radius 1 is 1.25 bits per heavy atom. The van der Waals surface area contributed by atoms with Gasteiger partial charge in [0.25, 0.3) is 0 Å². The zero-order valence-corrected chi connectivity index (χ0v) is 14.2. The first-order valence-electron chi connectivity index (χ1n) is 7.07. The summed E-state index contributed by atoms with van der Waals surface area (Å²) < 4.78 is 54.2. The Hall–Kier alpha value is -1.61. The van der Waals surface area contributed by atoms with Gasteiger partial charge in [0.05, 0.1) is 6.04 Å². The zero-order valence-electron chi connectivity index (χ0n) is 12.5. The van der Waals surface area contributed by atoms with E-state index in [0.717, 1.165) is 12.1 Å². The summed E-state index contributed by atoms with van der Waals surface area (Å²) >= 11 is 0. The summed E-state index contributed by atoms with van der Waals surface area (Å²) in [6.07, 6.45) is 3.16. The number of halogens is 3. The van der Waals surface area contributed by atoms with Crippen molar-refractivity contribution in [2.45, 2.75) is 10.9 Å². The van der Waals surface area contributed by atoms with E-state index in [4.69, 9.17) is 0 Å². The Labute approximate surface area is 145 Å². The third-order valence-electron chi connectivity index (χ3n) is 3.74. The fourth-order valence-electron chi connectivity index (χ4n) is 2.63. The fraction of sp³-hybridized carbons (Fsp3) is 0.267. The maximum atomic E-state index is 13.9. The average Bonchev–Trinajstić information content (AvgIpc) is 2.58. The molecule has 1 N–H and O–H groups in total. The number of piperazine rings is 1. The van der Waals surface area contributed by atoms with E-state index in [0.29, 0.717) is 24.7 Å². The van der Waals surface area contributed by atoms with E-state index in [1.54, 1.807) is 24.5 Å². The zero-order chi connectivity index (χ0) is 16.4. The van der Waals surface area contributed by atoms with Gasteiger partial charge in [-0.2, -0.15) is 4.31 Å². The Morgan fingerprint density at radius 2 is 2.04 bits per heavy atom. The molecular formula is C15H16ClF2N3O2S. The van der Waals surface area contributed by atoms with Crippen molar-refractivity contribution in [3.8, 4) is 0 Å². The highest BCUT2D eigenvalue weighted by atomic mass is 35.5. The number of nitrogens with zero attached hydrogens (tertiary/aromatic N) is 2. The van der Waals surface area contributed by atoms with E-state index >= 15 is 0 Å². The normalized spacial score (nSPS) is 18.8. The van der Waals surface area contributed by atoms with Gasteiger partial charge in [-0.1, -0.05) is 6.07 Å². The molecule has 0 aliphatic carbocycles. The van der Waals surface area contributed by atoms with Crippen LogP contribution in [-0.4, -0.2) is 37.3 Å². The van der Waals surface area contributed by atoms with Crippen molar-refractivity contribution >= 4 is 22.4 Å². The van der Waals surface area contributed by atoms with E-state index in [9.17, 15) is 17.2 Å². The van der Waals surface area contributed by atoms with Gasteiger partial charge in [-0.25, -0.2) is 17.2 Å². The molecule has 9 heteroatoms. The van der Waals surface area contributed by atoms with E-state index in [2.05, 4.69) is 10.3 Å². The molecule has 0 bridgehead atoms. The van der Waals surface area contributed by atoms with Crippen molar-refractivity contribution in [3.05, 3.63) is 59.9 Å². The lowest BCUT2D eigenvalue weighted by atomic mass is 10.1. The van der Waals surface area contributed by atoms with E-state index < -0.39 is 32.6 Å². The monoisotopic (exact) mass is 375 g/mol. The van der Waals surface area contributed by atoms with Crippen molar-refractivity contribution in [1.29, 1.82) is 0 Å². The van der Waals surface area contributed by atoms with Crippen LogP contribution in [0.1, 0.15) is 11.6 Å². The van der Waals surface area contributed by atoms with Crippen LogP contribution in [0.5, 0.6) is 0 Å². The molecule has 0 radical (unpaired) electrons. The van der Waals surface area contributed by atoms with Crippen LogP contribution in [0.15, 0.2) is 47.6 Å².